The van der Waals surface area contributed by atoms with E-state index in [1.807, 2.05) is 0 Å². The summed E-state index contributed by atoms with van der Waals surface area (Å²) in [7, 11) is 0. The van der Waals surface area contributed by atoms with E-state index < -0.39 is 0 Å². The van der Waals surface area contributed by atoms with Gasteiger partial charge in [-0.15, -0.1) is 0 Å². The summed E-state index contributed by atoms with van der Waals surface area (Å²) in [5.41, 5.74) is 2.75. The molecule has 0 N–H and O–H groups in total. The molecule has 4 nitrogen and oxygen atoms in total. The molecule has 3 aliphatic rings. The first-order chi connectivity index (χ1) is 12.4. The molecular formula is C21H30N2O2. The van der Waals surface area contributed by atoms with Gasteiger partial charge in [0.25, 0.3) is 0 Å². The molecule has 2 aliphatic heterocycles. The fourth-order valence-electron chi connectivity index (χ4n) is 4.16. The monoisotopic (exact) mass is 342 g/mol. The van der Waals surface area contributed by atoms with Crippen LogP contribution in [0.3, 0.4) is 0 Å². The number of nitrogens with zero attached hydrogens (tertiary/aromatic N) is 2. The number of morpholine rings is 1. The van der Waals surface area contributed by atoms with Crippen LogP contribution in [0, 0.1) is 5.92 Å². The van der Waals surface area contributed by atoms with Crippen molar-refractivity contribution in [1.82, 2.24) is 9.80 Å². The molecule has 1 fully saturated rings. The first-order valence-electron chi connectivity index (χ1n) is 9.79. The van der Waals surface area contributed by atoms with Crippen LogP contribution in [0.5, 0.6) is 5.75 Å². The first kappa shape index (κ1) is 17.1. The van der Waals surface area contributed by atoms with Gasteiger partial charge in [0.05, 0.1) is 13.2 Å². The van der Waals surface area contributed by atoms with Crippen LogP contribution in [0.25, 0.3) is 0 Å². The maximum absolute atomic E-state index is 6.02. The van der Waals surface area contributed by atoms with E-state index in [1.165, 1.54) is 36.9 Å². The van der Waals surface area contributed by atoms with Crippen molar-refractivity contribution in [2.75, 3.05) is 46.0 Å². The van der Waals surface area contributed by atoms with E-state index in [0.29, 0.717) is 0 Å². The molecule has 0 aromatic heterocycles. The van der Waals surface area contributed by atoms with Crippen molar-refractivity contribution in [2.45, 2.75) is 32.4 Å². The summed E-state index contributed by atoms with van der Waals surface area (Å²) in [6.07, 6.45) is 8.50. The average Bonchev–Trinajstić information content (AvgIpc) is 2.85. The van der Waals surface area contributed by atoms with Gasteiger partial charge in [-0.25, -0.2) is 0 Å². The zero-order chi connectivity index (χ0) is 16.9. The highest BCUT2D eigenvalue weighted by atomic mass is 16.5. The average molecular weight is 342 g/mol. The van der Waals surface area contributed by atoms with Crippen LogP contribution >= 0.6 is 0 Å². The van der Waals surface area contributed by atoms with Gasteiger partial charge in [-0.3, -0.25) is 9.80 Å². The summed E-state index contributed by atoms with van der Waals surface area (Å²) in [6.45, 7) is 8.86. The van der Waals surface area contributed by atoms with Gasteiger partial charge in [0.2, 0.25) is 0 Å². The smallest absolute Gasteiger partial charge is 0.123 e. The van der Waals surface area contributed by atoms with Crippen LogP contribution in [-0.4, -0.2) is 55.8 Å². The van der Waals surface area contributed by atoms with E-state index in [9.17, 15) is 0 Å². The molecule has 136 valence electrons. The lowest BCUT2D eigenvalue weighted by molar-refractivity contribution is 0.0342. The van der Waals surface area contributed by atoms with Crippen LogP contribution in [0.2, 0.25) is 0 Å². The molecule has 1 saturated heterocycles. The molecule has 4 heteroatoms. The second kappa shape index (κ2) is 8.35. The fourth-order valence-corrected chi connectivity index (χ4v) is 4.16. The van der Waals surface area contributed by atoms with Crippen LogP contribution in [-0.2, 0) is 17.8 Å². The number of ether oxygens (including phenoxy) is 2. The van der Waals surface area contributed by atoms with E-state index in [4.69, 9.17) is 9.47 Å². The minimum absolute atomic E-state index is 0.804. The third-order valence-electron chi connectivity index (χ3n) is 5.59. The molecule has 1 aromatic carbocycles. The fraction of sp³-hybridized carbons (Fsp3) is 0.619. The summed E-state index contributed by atoms with van der Waals surface area (Å²) >= 11 is 0. The van der Waals surface area contributed by atoms with Crippen LogP contribution in [0.15, 0.2) is 30.4 Å². The van der Waals surface area contributed by atoms with E-state index in [0.717, 1.165) is 64.2 Å². The molecule has 4 rings (SSSR count). The molecule has 0 unspecified atom stereocenters. The molecule has 1 aliphatic carbocycles. The highest BCUT2D eigenvalue weighted by Gasteiger charge is 2.20. The van der Waals surface area contributed by atoms with E-state index in [-0.39, 0.29) is 0 Å². The molecule has 0 radical (unpaired) electrons. The Morgan fingerprint density at radius 1 is 1.00 bits per heavy atom. The van der Waals surface area contributed by atoms with Crippen molar-refractivity contribution >= 4 is 0 Å². The number of benzene rings is 1. The maximum Gasteiger partial charge on any atom is 0.123 e. The largest absolute Gasteiger partial charge is 0.492 e. The Hall–Kier alpha value is -1.36. The number of allylic oxidation sites excluding steroid dienone is 2. The van der Waals surface area contributed by atoms with Crippen molar-refractivity contribution in [3.8, 4) is 5.75 Å². The summed E-state index contributed by atoms with van der Waals surface area (Å²) < 4.78 is 11.5. The Morgan fingerprint density at radius 2 is 1.88 bits per heavy atom. The molecule has 0 saturated carbocycles. The van der Waals surface area contributed by atoms with Gasteiger partial charge < -0.3 is 9.47 Å². The standard InChI is InChI=1S/C21H30N2O2/c1-2-4-18(5-3-1)15-23-10-13-25-21-7-6-19(14-20(21)17-23)16-22-8-11-24-12-9-22/h1-2,6-7,14,18H,3-5,8-13,15-17H2/t18-/m0/s1. The third-order valence-corrected chi connectivity index (χ3v) is 5.59. The predicted octanol–water partition coefficient (Wildman–Crippen LogP) is 3.07. The van der Waals surface area contributed by atoms with Gasteiger partial charge >= 0.3 is 0 Å². The molecule has 25 heavy (non-hydrogen) atoms. The summed E-state index contributed by atoms with van der Waals surface area (Å²) in [6, 6.07) is 6.78. The SMILES string of the molecule is C1=CC[C@H](CN2CCOc3ccc(CN4CCOCC4)cc3C2)CC1. The number of hydrogen-bond donors (Lipinski definition) is 0. The molecule has 0 bridgehead atoms. The Morgan fingerprint density at radius 3 is 2.72 bits per heavy atom. The summed E-state index contributed by atoms with van der Waals surface area (Å²) in [4.78, 5) is 5.07. The normalized spacial score (nSPS) is 25.2. The second-order valence-corrected chi connectivity index (χ2v) is 7.56. The van der Waals surface area contributed by atoms with Gasteiger partial charge in [0.15, 0.2) is 0 Å². The van der Waals surface area contributed by atoms with Gasteiger partial charge in [-0.2, -0.15) is 0 Å². The Balaban J connectivity index is 1.41. The highest BCUT2D eigenvalue weighted by molar-refractivity contribution is 5.38. The van der Waals surface area contributed by atoms with Crippen LogP contribution in [0.4, 0.5) is 0 Å². The second-order valence-electron chi connectivity index (χ2n) is 7.56. The Bertz CT molecular complexity index is 596. The van der Waals surface area contributed by atoms with Crippen molar-refractivity contribution in [3.05, 3.63) is 41.5 Å². The van der Waals surface area contributed by atoms with Crippen molar-refractivity contribution in [1.29, 1.82) is 0 Å². The lowest BCUT2D eigenvalue weighted by Gasteiger charge is -2.27. The zero-order valence-electron chi connectivity index (χ0n) is 15.2. The summed E-state index contributed by atoms with van der Waals surface area (Å²) in [5, 5.41) is 0. The molecule has 1 atom stereocenters. The Labute approximate surface area is 151 Å². The lowest BCUT2D eigenvalue weighted by atomic mass is 9.94. The van der Waals surface area contributed by atoms with Gasteiger partial charge in [0, 0.05) is 44.8 Å². The third kappa shape index (κ3) is 4.63. The topological polar surface area (TPSA) is 24.9 Å². The number of rotatable bonds is 4. The molecule has 2 heterocycles. The highest BCUT2D eigenvalue weighted by Crippen LogP contribution is 2.27. The molecular weight excluding hydrogens is 312 g/mol. The van der Waals surface area contributed by atoms with Crippen molar-refractivity contribution in [3.63, 3.8) is 0 Å². The van der Waals surface area contributed by atoms with Crippen molar-refractivity contribution in [2.24, 2.45) is 5.92 Å². The molecule has 0 amide bonds. The van der Waals surface area contributed by atoms with E-state index >= 15 is 0 Å². The number of hydrogen-bond acceptors (Lipinski definition) is 4. The van der Waals surface area contributed by atoms with Crippen LogP contribution < -0.4 is 4.74 Å². The quantitative estimate of drug-likeness (QED) is 0.785. The van der Waals surface area contributed by atoms with E-state index in [1.54, 1.807) is 0 Å². The maximum atomic E-state index is 6.02. The minimum atomic E-state index is 0.804. The van der Waals surface area contributed by atoms with Crippen molar-refractivity contribution < 1.29 is 9.47 Å². The van der Waals surface area contributed by atoms with Gasteiger partial charge in [-0.1, -0.05) is 18.2 Å². The Kier molecular flexibility index (Phi) is 5.70. The van der Waals surface area contributed by atoms with Gasteiger partial charge in [0.1, 0.15) is 12.4 Å². The number of fused-ring (bicyclic) bond motifs is 1. The minimum Gasteiger partial charge on any atom is -0.492 e. The lowest BCUT2D eigenvalue weighted by Crippen LogP contribution is -2.35. The molecule has 1 aromatic rings. The van der Waals surface area contributed by atoms with Gasteiger partial charge in [-0.05, 0) is 42.9 Å². The summed E-state index contributed by atoms with van der Waals surface area (Å²) in [5.74, 6) is 1.89. The van der Waals surface area contributed by atoms with E-state index in [2.05, 4.69) is 40.2 Å². The van der Waals surface area contributed by atoms with Crippen LogP contribution in [0.1, 0.15) is 30.4 Å². The predicted molar refractivity (Wildman–Crippen MR) is 99.8 cm³/mol. The zero-order valence-corrected chi connectivity index (χ0v) is 15.2. The molecule has 0 spiro atoms. The first-order valence-corrected chi connectivity index (χ1v) is 9.79.